The van der Waals surface area contributed by atoms with Gasteiger partial charge in [0.05, 0.1) is 24.3 Å². The normalized spacial score (nSPS) is 20.6. The molecule has 5 rings (SSSR count). The van der Waals surface area contributed by atoms with Crippen LogP contribution in [0.4, 0.5) is 22.1 Å². The quantitative estimate of drug-likeness (QED) is 0.196. The van der Waals surface area contributed by atoms with E-state index in [0.717, 1.165) is 0 Å². The Morgan fingerprint density at radius 1 is 1.02 bits per heavy atom. The van der Waals surface area contributed by atoms with E-state index in [2.05, 4.69) is 20.3 Å². The molecule has 13 nitrogen and oxygen atoms in total. The van der Waals surface area contributed by atoms with Gasteiger partial charge in [-0.3, -0.25) is 14.7 Å². The Hall–Kier alpha value is -4.43. The molecule has 1 aliphatic rings. The molecule has 0 unspecified atom stereocenters. The van der Waals surface area contributed by atoms with Crippen LogP contribution in [0.25, 0.3) is 11.2 Å². The third kappa shape index (κ3) is 5.22. The van der Waals surface area contributed by atoms with Crippen molar-refractivity contribution in [3.8, 4) is 5.88 Å². The Kier molecular flexibility index (Phi) is 7.71. The number of nitrogens with one attached hydrogen (secondary N) is 1. The second-order valence-corrected chi connectivity index (χ2v) is 9.42. The molecule has 0 saturated carbocycles. The van der Waals surface area contributed by atoms with Crippen LogP contribution in [0.3, 0.4) is 0 Å². The first kappa shape index (κ1) is 27.1. The predicted octanol–water partition coefficient (Wildman–Crippen LogP) is 2.37. The van der Waals surface area contributed by atoms with Gasteiger partial charge >= 0.3 is 6.09 Å². The lowest BCUT2D eigenvalue weighted by Gasteiger charge is -2.22. The average Bonchev–Trinajstić information content (AvgIpc) is 3.50. The van der Waals surface area contributed by atoms with Crippen molar-refractivity contribution in [3.05, 3.63) is 67.0 Å². The zero-order chi connectivity index (χ0) is 28.4. The van der Waals surface area contributed by atoms with E-state index in [1.807, 2.05) is 12.1 Å². The Balaban J connectivity index is 1.57. The number of hydrogen-bond acceptors (Lipinski definition) is 10. The van der Waals surface area contributed by atoms with Crippen LogP contribution in [-0.2, 0) is 9.53 Å². The standard InChI is InChI=1S/C27H28N6O7/c1-15(2)23(37)30-26-29-22-19(28-14-32(22)25-21(36)20(35)18(13-34)39-25)24(31-26)40-27(38)33(16-9-5-3-6-10-16)17-11-7-4-8-12-17/h3-12,14-15,18,20-21,25,34-36H,13H2,1-2H3,(H,29,30,31,37)/t18-,20-,21-,25-/m1/s1/i13+1,18+1,20+1,21+1,25+1,30+1. The number of benzene rings is 2. The molecule has 0 radical (unpaired) electrons. The minimum absolute atomic E-state index is 0.0368. The molecule has 0 bridgehead atoms. The Morgan fingerprint density at radius 3 is 2.20 bits per heavy atom. The minimum Gasteiger partial charge on any atom is -0.394 e. The summed E-state index contributed by atoms with van der Waals surface area (Å²) in [7, 11) is 0. The van der Waals surface area contributed by atoms with Crippen molar-refractivity contribution in [1.82, 2.24) is 19.5 Å². The van der Waals surface area contributed by atoms with E-state index in [-0.39, 0.29) is 28.9 Å². The van der Waals surface area contributed by atoms with Gasteiger partial charge in [-0.1, -0.05) is 50.2 Å². The molecule has 4 N–H and O–H groups in total. The zero-order valence-electron chi connectivity index (χ0n) is 21.7. The highest BCUT2D eigenvalue weighted by Crippen LogP contribution is 2.34. The van der Waals surface area contributed by atoms with Gasteiger partial charge in [-0.05, 0) is 24.3 Å². The van der Waals surface area contributed by atoms with Gasteiger partial charge in [0.15, 0.2) is 17.4 Å². The number of rotatable bonds is 7. The number of imidazole rings is 1. The number of ether oxygens (including phenoxy) is 2. The van der Waals surface area contributed by atoms with E-state index < -0.39 is 43.2 Å². The van der Waals surface area contributed by atoms with E-state index in [9.17, 15) is 24.9 Å². The number of aliphatic hydroxyl groups is 3. The summed E-state index contributed by atoms with van der Waals surface area (Å²) in [6.07, 6.45) is -4.53. The first-order chi connectivity index (χ1) is 19.3. The second kappa shape index (κ2) is 11.4. The fourth-order valence-corrected chi connectivity index (χ4v) is 4.21. The molecule has 0 spiro atoms. The SMILES string of the molecule is CC(C)C(=O)[15NH]c1nc(OC(=O)N(c2ccccc2)c2ccccc2)c2ncn([13C@@H]3O[13C@H]([13CH2]O)[13C@@H](O)[13C@H]3O)c2n1. The van der Waals surface area contributed by atoms with Crippen molar-refractivity contribution in [2.45, 2.75) is 38.4 Å². The smallest absolute Gasteiger partial charge is 0.394 e. The van der Waals surface area contributed by atoms with Gasteiger partial charge in [-0.2, -0.15) is 9.97 Å². The Labute approximate surface area is 228 Å². The molecule has 40 heavy (non-hydrogen) atoms. The topological polar surface area (TPSA) is 172 Å². The number of amides is 2. The fraction of sp³-hybridized carbons (Fsp3) is 0.296. The molecule has 2 aromatic heterocycles. The largest absolute Gasteiger partial charge is 0.425 e. The second-order valence-electron chi connectivity index (χ2n) is 9.42. The number of aliphatic hydroxyl groups excluding tert-OH is 3. The van der Waals surface area contributed by atoms with Gasteiger partial charge in [-0.25, -0.2) is 14.7 Å². The van der Waals surface area contributed by atoms with Crippen LogP contribution < -0.4 is 15.0 Å². The molecule has 13 heteroatoms. The fourth-order valence-electron chi connectivity index (χ4n) is 4.21. The number of para-hydroxylation sites is 2. The molecule has 3 heterocycles. The Morgan fingerprint density at radius 2 is 1.65 bits per heavy atom. The van der Waals surface area contributed by atoms with E-state index >= 15 is 0 Å². The lowest BCUT2D eigenvalue weighted by molar-refractivity contribution is -0.118. The lowest BCUT2D eigenvalue weighted by atomic mass is 10.2. The van der Waals surface area contributed by atoms with E-state index in [0.29, 0.717) is 11.4 Å². The molecular formula is C27H28N6O7. The van der Waals surface area contributed by atoms with Gasteiger partial charge in [0, 0.05) is 5.92 Å². The molecule has 4 aromatic rings. The maximum absolute atomic E-state index is 13.6. The van der Waals surface area contributed by atoms with Crippen LogP contribution in [0.5, 0.6) is 5.88 Å². The van der Waals surface area contributed by atoms with Gasteiger partial charge in [0.1, 0.15) is 18.3 Å². The van der Waals surface area contributed by atoms with Crippen LogP contribution in [-0.4, -0.2) is 71.8 Å². The van der Waals surface area contributed by atoms with Crippen LogP contribution in [0.15, 0.2) is 67.0 Å². The first-order valence-corrected chi connectivity index (χ1v) is 12.6. The minimum atomic E-state index is -1.42. The van der Waals surface area contributed by atoms with Gasteiger partial charge in [0.25, 0.3) is 5.88 Å². The highest BCUT2D eigenvalue weighted by molar-refractivity contribution is 5.98. The van der Waals surface area contributed by atoms with Crippen LogP contribution in [0.1, 0.15) is 20.1 Å². The van der Waals surface area contributed by atoms with Crippen molar-refractivity contribution in [3.63, 3.8) is 0 Å². The van der Waals surface area contributed by atoms with Gasteiger partial charge in [0.2, 0.25) is 11.9 Å². The van der Waals surface area contributed by atoms with Crippen LogP contribution in [0.2, 0.25) is 0 Å². The van der Waals surface area contributed by atoms with Crippen LogP contribution in [0, 0.1) is 5.92 Å². The van der Waals surface area contributed by atoms with E-state index in [1.54, 1.807) is 62.4 Å². The first-order valence-electron chi connectivity index (χ1n) is 12.6. The van der Waals surface area contributed by atoms with Crippen molar-refractivity contribution in [2.75, 3.05) is 16.8 Å². The third-order valence-electron chi connectivity index (χ3n) is 6.34. The zero-order valence-corrected chi connectivity index (χ0v) is 21.7. The maximum atomic E-state index is 13.6. The maximum Gasteiger partial charge on any atom is 0.425 e. The number of fused-ring (bicyclic) bond motifs is 1. The molecule has 208 valence electrons. The van der Waals surface area contributed by atoms with Crippen LogP contribution >= 0.6 is 0 Å². The summed E-state index contributed by atoms with van der Waals surface area (Å²) in [6.45, 7) is 2.86. The number of aromatic nitrogens is 4. The molecule has 4 atom stereocenters. The number of carbonyl (C=O) groups is 2. The van der Waals surface area contributed by atoms with Crippen molar-refractivity contribution < 1.29 is 34.4 Å². The monoisotopic (exact) mass is 554 g/mol. The van der Waals surface area contributed by atoms with Gasteiger partial charge in [-0.15, -0.1) is 0 Å². The van der Waals surface area contributed by atoms with Crippen molar-refractivity contribution in [2.24, 2.45) is 5.92 Å². The molecule has 0 aliphatic carbocycles. The summed E-state index contributed by atoms with van der Waals surface area (Å²) in [5.41, 5.74) is 1.16. The van der Waals surface area contributed by atoms with E-state index in [1.165, 1.54) is 15.8 Å². The molecule has 1 aliphatic heterocycles. The van der Waals surface area contributed by atoms with E-state index in [4.69, 9.17) is 9.47 Å². The summed E-state index contributed by atoms with van der Waals surface area (Å²) in [5.74, 6) is -1.21. The number of nitrogens with zero attached hydrogens (tertiary/aromatic N) is 5. The third-order valence-corrected chi connectivity index (χ3v) is 6.34. The van der Waals surface area contributed by atoms with Gasteiger partial charge < -0.3 is 24.8 Å². The van der Waals surface area contributed by atoms with Crippen molar-refractivity contribution >= 4 is 40.5 Å². The highest BCUT2D eigenvalue weighted by Gasteiger charge is 2.44. The predicted molar refractivity (Wildman–Crippen MR) is 143 cm³/mol. The summed E-state index contributed by atoms with van der Waals surface area (Å²) in [6, 6.07) is 17.7. The molecule has 1 saturated heterocycles. The summed E-state index contributed by atoms with van der Waals surface area (Å²) < 4.78 is 12.7. The number of hydrogen-bond donors (Lipinski definition) is 4. The Bertz CT molecular complexity index is 1460. The molecule has 2 amide bonds. The number of anilines is 3. The summed E-state index contributed by atoms with van der Waals surface area (Å²) in [4.78, 5) is 40.3. The molecule has 2 aromatic carbocycles. The molecule has 1 fully saturated rings. The van der Waals surface area contributed by atoms with Crippen molar-refractivity contribution in [1.29, 1.82) is 0 Å². The summed E-state index contributed by atoms with van der Waals surface area (Å²) in [5, 5.41) is 32.9. The molecular weight excluding hydrogens is 526 g/mol. The number of carbonyl (C=O) groups excluding carboxylic acids is 2. The summed E-state index contributed by atoms with van der Waals surface area (Å²) >= 11 is 0. The highest BCUT2D eigenvalue weighted by atomic mass is 16.8. The average molecular weight is 555 g/mol. The lowest BCUT2D eigenvalue weighted by Crippen LogP contribution is -2.33.